The third kappa shape index (κ3) is 3.64. The van der Waals surface area contributed by atoms with Gasteiger partial charge in [-0.2, -0.15) is 5.10 Å². The van der Waals surface area contributed by atoms with Crippen molar-refractivity contribution in [3.05, 3.63) is 77.6 Å². The number of benzene rings is 2. The molecule has 0 saturated heterocycles. The van der Waals surface area contributed by atoms with Crippen LogP contribution in [-0.2, 0) is 11.3 Å². The van der Waals surface area contributed by atoms with Gasteiger partial charge in [-0.15, -0.1) is 0 Å². The highest BCUT2D eigenvalue weighted by molar-refractivity contribution is 5.90. The van der Waals surface area contributed by atoms with E-state index in [0.29, 0.717) is 16.8 Å². The Hall–Kier alpha value is -4.01. The molecule has 2 aromatic heterocycles. The lowest BCUT2D eigenvalue weighted by molar-refractivity contribution is 0.0600. The highest BCUT2D eigenvalue weighted by atomic mass is 19.1. The van der Waals surface area contributed by atoms with E-state index >= 15 is 0 Å². The molecule has 0 bridgehead atoms. The number of hydrogen-bond acceptors (Lipinski definition) is 6. The number of nitrogen functional groups attached to an aromatic ring is 1. The van der Waals surface area contributed by atoms with E-state index in [1.807, 2.05) is 0 Å². The molecule has 0 atom stereocenters. The Morgan fingerprint density at radius 3 is 2.77 bits per heavy atom. The fraction of sp³-hybridized carbons (Fsp3) is 0.0952. The Morgan fingerprint density at radius 2 is 2.03 bits per heavy atom. The molecule has 0 aliphatic heterocycles. The molecule has 4 rings (SSSR count). The molecule has 0 aliphatic carbocycles. The maximum Gasteiger partial charge on any atom is 0.337 e. The van der Waals surface area contributed by atoms with Crippen LogP contribution in [0.25, 0.3) is 16.6 Å². The Bertz CT molecular complexity index is 1240. The molecular formula is C21H16F2N4O3. The second-order valence-corrected chi connectivity index (χ2v) is 6.41. The highest BCUT2D eigenvalue weighted by Gasteiger charge is 2.15. The number of carbonyl (C=O) groups excluding carboxylic acids is 1. The van der Waals surface area contributed by atoms with Gasteiger partial charge >= 0.3 is 5.97 Å². The topological polar surface area (TPSA) is 92.3 Å². The second kappa shape index (κ2) is 7.78. The number of halogens is 2. The summed E-state index contributed by atoms with van der Waals surface area (Å²) >= 11 is 0. The first kappa shape index (κ1) is 19.3. The van der Waals surface area contributed by atoms with E-state index in [-0.39, 0.29) is 29.1 Å². The zero-order valence-electron chi connectivity index (χ0n) is 15.8. The zero-order chi connectivity index (χ0) is 21.3. The maximum absolute atomic E-state index is 13.9. The van der Waals surface area contributed by atoms with Crippen LogP contribution in [0.15, 0.2) is 54.9 Å². The van der Waals surface area contributed by atoms with Crippen molar-refractivity contribution in [1.29, 1.82) is 0 Å². The smallest absolute Gasteiger partial charge is 0.337 e. The van der Waals surface area contributed by atoms with E-state index in [4.69, 9.17) is 15.2 Å². The summed E-state index contributed by atoms with van der Waals surface area (Å²) in [5.74, 6) is -1.93. The normalized spacial score (nSPS) is 10.9. The Labute approximate surface area is 169 Å². The monoisotopic (exact) mass is 410 g/mol. The molecule has 0 saturated carbocycles. The van der Waals surface area contributed by atoms with Gasteiger partial charge in [0, 0.05) is 29.4 Å². The minimum Gasteiger partial charge on any atom is -0.485 e. The number of fused-ring (bicyclic) bond motifs is 1. The van der Waals surface area contributed by atoms with Crippen LogP contribution >= 0.6 is 0 Å². The fourth-order valence-corrected chi connectivity index (χ4v) is 3.06. The third-order valence-corrected chi connectivity index (χ3v) is 4.46. The maximum atomic E-state index is 13.9. The quantitative estimate of drug-likeness (QED) is 0.505. The first-order valence-corrected chi connectivity index (χ1v) is 8.85. The minimum atomic E-state index is -0.810. The third-order valence-electron chi connectivity index (χ3n) is 4.46. The summed E-state index contributed by atoms with van der Waals surface area (Å²) in [4.78, 5) is 15.9. The van der Waals surface area contributed by atoms with Crippen molar-refractivity contribution in [3.63, 3.8) is 0 Å². The average molecular weight is 410 g/mol. The van der Waals surface area contributed by atoms with E-state index in [9.17, 15) is 13.6 Å². The van der Waals surface area contributed by atoms with Gasteiger partial charge in [0.15, 0.2) is 17.4 Å². The molecule has 0 spiro atoms. The van der Waals surface area contributed by atoms with Crippen molar-refractivity contribution in [3.8, 4) is 11.4 Å². The number of nitrogens with two attached hydrogens (primary N) is 1. The summed E-state index contributed by atoms with van der Waals surface area (Å²) in [6.07, 6.45) is 3.36. The highest BCUT2D eigenvalue weighted by Crippen LogP contribution is 2.29. The van der Waals surface area contributed by atoms with Gasteiger partial charge in [0.25, 0.3) is 0 Å². The molecular weight excluding hydrogens is 394 g/mol. The number of aromatic nitrogens is 3. The van der Waals surface area contributed by atoms with Crippen LogP contribution in [0.2, 0.25) is 0 Å². The van der Waals surface area contributed by atoms with Crippen LogP contribution in [0.4, 0.5) is 14.6 Å². The van der Waals surface area contributed by atoms with Crippen molar-refractivity contribution in [1.82, 2.24) is 14.8 Å². The number of hydrogen-bond donors (Lipinski definition) is 1. The van der Waals surface area contributed by atoms with Crippen molar-refractivity contribution < 1.29 is 23.0 Å². The Morgan fingerprint density at radius 1 is 1.20 bits per heavy atom. The molecule has 2 heterocycles. The van der Waals surface area contributed by atoms with Gasteiger partial charge in [-0.3, -0.25) is 0 Å². The lowest BCUT2D eigenvalue weighted by atomic mass is 10.1. The lowest BCUT2D eigenvalue weighted by Gasteiger charge is -2.14. The van der Waals surface area contributed by atoms with Gasteiger partial charge in [0.2, 0.25) is 0 Å². The van der Waals surface area contributed by atoms with E-state index in [1.54, 1.807) is 41.3 Å². The predicted octanol–water partition coefficient (Wildman–Crippen LogP) is 3.65. The molecule has 30 heavy (non-hydrogen) atoms. The standard InChI is InChI=1S/C21H16F2N4O3/c1-29-21(28)12-3-4-17(27-6-2-5-25-27)14(7-12)11-30-18-9-13-8-15(22)10-16(23)19(13)26-20(18)24/h2-10H,11H2,1H3,(H2,24,26). The van der Waals surface area contributed by atoms with Crippen LogP contribution in [0.3, 0.4) is 0 Å². The van der Waals surface area contributed by atoms with Gasteiger partial charge in [-0.25, -0.2) is 23.2 Å². The summed E-state index contributed by atoms with van der Waals surface area (Å²) in [7, 11) is 1.29. The van der Waals surface area contributed by atoms with E-state index < -0.39 is 17.6 Å². The van der Waals surface area contributed by atoms with Gasteiger partial charge in [0.1, 0.15) is 17.9 Å². The molecule has 0 aliphatic rings. The van der Waals surface area contributed by atoms with Gasteiger partial charge < -0.3 is 15.2 Å². The SMILES string of the molecule is COC(=O)c1ccc(-n2cccn2)c(COc2cc3cc(F)cc(F)c3nc2N)c1. The van der Waals surface area contributed by atoms with Gasteiger partial charge in [-0.05, 0) is 36.4 Å². The number of nitrogens with zero attached hydrogens (tertiary/aromatic N) is 3. The van der Waals surface area contributed by atoms with Crippen LogP contribution in [0.5, 0.6) is 5.75 Å². The van der Waals surface area contributed by atoms with Gasteiger partial charge in [-0.1, -0.05) is 0 Å². The molecule has 2 aromatic carbocycles. The van der Waals surface area contributed by atoms with E-state index in [2.05, 4.69) is 10.1 Å². The first-order valence-electron chi connectivity index (χ1n) is 8.85. The Balaban J connectivity index is 1.70. The molecule has 7 nitrogen and oxygen atoms in total. The average Bonchev–Trinajstić information content (AvgIpc) is 3.26. The molecule has 0 radical (unpaired) electrons. The van der Waals surface area contributed by atoms with Crippen LogP contribution < -0.4 is 10.5 Å². The number of ether oxygens (including phenoxy) is 2. The molecule has 2 N–H and O–H groups in total. The number of esters is 1. The Kier molecular flexibility index (Phi) is 5.01. The molecule has 4 aromatic rings. The molecule has 0 unspecified atom stereocenters. The predicted molar refractivity (Wildman–Crippen MR) is 105 cm³/mol. The van der Waals surface area contributed by atoms with Crippen molar-refractivity contribution in [2.24, 2.45) is 0 Å². The number of rotatable bonds is 5. The number of methoxy groups -OCH3 is 1. The largest absolute Gasteiger partial charge is 0.485 e. The molecule has 152 valence electrons. The van der Waals surface area contributed by atoms with E-state index in [0.717, 1.165) is 12.1 Å². The number of anilines is 1. The molecule has 9 heteroatoms. The minimum absolute atomic E-state index is 0.00475. The van der Waals surface area contributed by atoms with Crippen molar-refractivity contribution in [2.75, 3.05) is 12.8 Å². The number of carbonyl (C=O) groups is 1. The molecule has 0 fully saturated rings. The lowest BCUT2D eigenvalue weighted by Crippen LogP contribution is -2.09. The second-order valence-electron chi connectivity index (χ2n) is 6.41. The van der Waals surface area contributed by atoms with Gasteiger partial charge in [0.05, 0.1) is 18.4 Å². The van der Waals surface area contributed by atoms with Crippen molar-refractivity contribution >= 4 is 22.7 Å². The first-order chi connectivity index (χ1) is 14.5. The van der Waals surface area contributed by atoms with Crippen LogP contribution in [-0.4, -0.2) is 27.8 Å². The summed E-state index contributed by atoms with van der Waals surface area (Å²) in [5, 5.41) is 4.41. The molecule has 0 amide bonds. The van der Waals surface area contributed by atoms with Crippen LogP contribution in [0, 0.1) is 11.6 Å². The summed E-state index contributed by atoms with van der Waals surface area (Å²) in [6.45, 7) is -0.00475. The summed E-state index contributed by atoms with van der Waals surface area (Å²) in [5.41, 5.74) is 7.48. The summed E-state index contributed by atoms with van der Waals surface area (Å²) < 4.78 is 39.7. The van der Waals surface area contributed by atoms with Crippen molar-refractivity contribution in [2.45, 2.75) is 6.61 Å². The van der Waals surface area contributed by atoms with Crippen LogP contribution in [0.1, 0.15) is 15.9 Å². The number of pyridine rings is 1. The van der Waals surface area contributed by atoms with E-state index in [1.165, 1.54) is 13.2 Å². The zero-order valence-corrected chi connectivity index (χ0v) is 15.8. The fourth-order valence-electron chi connectivity index (χ4n) is 3.06. The summed E-state index contributed by atoms with van der Waals surface area (Å²) in [6, 6.07) is 10.0.